The van der Waals surface area contributed by atoms with Crippen molar-refractivity contribution in [2.75, 3.05) is 17.7 Å². The molecule has 4 aromatic rings. The molecule has 0 bridgehead atoms. The van der Waals surface area contributed by atoms with E-state index in [9.17, 15) is 18.0 Å². The summed E-state index contributed by atoms with van der Waals surface area (Å²) in [5.41, 5.74) is 0.643. The number of methoxy groups -OCH3 is 1. The zero-order valence-corrected chi connectivity index (χ0v) is 18.0. The summed E-state index contributed by atoms with van der Waals surface area (Å²) in [5.74, 6) is 0.188. The Morgan fingerprint density at radius 2 is 1.73 bits per heavy atom. The van der Waals surface area contributed by atoms with Gasteiger partial charge in [-0.15, -0.1) is 0 Å². The van der Waals surface area contributed by atoms with Crippen LogP contribution in [0, 0.1) is 0 Å². The first-order valence-electron chi connectivity index (χ1n) is 9.73. The molecule has 0 aliphatic carbocycles. The lowest BCUT2D eigenvalue weighted by molar-refractivity contribution is -0.140. The maximum absolute atomic E-state index is 13.4. The van der Waals surface area contributed by atoms with E-state index in [1.165, 1.54) is 19.2 Å². The molecule has 0 radical (unpaired) electrons. The fourth-order valence-electron chi connectivity index (χ4n) is 3.24. The number of rotatable bonds is 5. The molecule has 0 unspecified atom stereocenters. The predicted octanol–water partition coefficient (Wildman–Crippen LogP) is 6.91. The van der Waals surface area contributed by atoms with Crippen LogP contribution in [0.25, 0.3) is 10.9 Å². The minimum atomic E-state index is -4.61. The van der Waals surface area contributed by atoms with Gasteiger partial charge in [0.25, 0.3) is 5.91 Å². The second-order valence-corrected chi connectivity index (χ2v) is 7.54. The Hall–Kier alpha value is -3.78. The molecule has 0 saturated heterocycles. The first kappa shape index (κ1) is 22.4. The summed E-state index contributed by atoms with van der Waals surface area (Å²) in [5, 5.41) is 6.56. The van der Waals surface area contributed by atoms with Crippen molar-refractivity contribution in [3.8, 4) is 5.75 Å². The van der Waals surface area contributed by atoms with Crippen LogP contribution in [-0.4, -0.2) is 18.0 Å². The maximum Gasteiger partial charge on any atom is 0.433 e. The van der Waals surface area contributed by atoms with Crippen molar-refractivity contribution < 1.29 is 22.7 Å². The molecular formula is C24H17ClF3N3O2. The highest BCUT2D eigenvalue weighted by Crippen LogP contribution is 2.35. The summed E-state index contributed by atoms with van der Waals surface area (Å²) in [6, 6.07) is 18.7. The molecule has 1 aromatic heterocycles. The summed E-state index contributed by atoms with van der Waals surface area (Å²) in [7, 11) is 1.51. The van der Waals surface area contributed by atoms with Crippen LogP contribution in [0.4, 0.5) is 30.2 Å². The van der Waals surface area contributed by atoms with Crippen molar-refractivity contribution in [3.63, 3.8) is 0 Å². The number of carbonyl (C=O) groups excluding carboxylic acids is 1. The summed E-state index contributed by atoms with van der Waals surface area (Å²) >= 11 is 6.05. The molecule has 4 rings (SSSR count). The number of benzene rings is 3. The Kier molecular flexibility index (Phi) is 6.11. The summed E-state index contributed by atoms with van der Waals surface area (Å²) in [6.45, 7) is 0. The fourth-order valence-corrected chi connectivity index (χ4v) is 3.42. The van der Waals surface area contributed by atoms with E-state index in [0.29, 0.717) is 33.1 Å². The molecule has 2 N–H and O–H groups in total. The topological polar surface area (TPSA) is 63.2 Å². The number of nitrogens with zero attached hydrogens (tertiary/aromatic N) is 1. The average Bonchev–Trinajstić information content (AvgIpc) is 2.79. The lowest BCUT2D eigenvalue weighted by Crippen LogP contribution is -2.12. The van der Waals surface area contributed by atoms with E-state index in [1.807, 2.05) is 0 Å². The van der Waals surface area contributed by atoms with Gasteiger partial charge in [-0.3, -0.25) is 4.79 Å². The van der Waals surface area contributed by atoms with E-state index < -0.39 is 11.9 Å². The van der Waals surface area contributed by atoms with E-state index in [2.05, 4.69) is 15.6 Å². The highest BCUT2D eigenvalue weighted by atomic mass is 35.5. The van der Waals surface area contributed by atoms with Gasteiger partial charge >= 0.3 is 6.18 Å². The number of fused-ring (bicyclic) bond motifs is 1. The van der Waals surface area contributed by atoms with Crippen LogP contribution in [0.1, 0.15) is 16.1 Å². The lowest BCUT2D eigenvalue weighted by atomic mass is 10.1. The van der Waals surface area contributed by atoms with Gasteiger partial charge in [-0.25, -0.2) is 4.98 Å². The van der Waals surface area contributed by atoms with Gasteiger partial charge in [-0.2, -0.15) is 13.2 Å². The number of hydrogen-bond donors (Lipinski definition) is 2. The number of ether oxygens (including phenoxy) is 1. The van der Waals surface area contributed by atoms with Gasteiger partial charge in [-0.05, 0) is 60.7 Å². The number of alkyl halides is 3. The first-order valence-corrected chi connectivity index (χ1v) is 10.1. The molecule has 1 heterocycles. The number of pyridine rings is 1. The molecule has 1 amide bonds. The number of aromatic nitrogens is 1. The fraction of sp³-hybridized carbons (Fsp3) is 0.0833. The average molecular weight is 472 g/mol. The molecule has 0 aliphatic rings. The van der Waals surface area contributed by atoms with E-state index in [0.717, 1.165) is 6.07 Å². The van der Waals surface area contributed by atoms with Crippen LogP contribution in [0.3, 0.4) is 0 Å². The minimum Gasteiger partial charge on any atom is -0.497 e. The molecule has 0 aliphatic heterocycles. The quantitative estimate of drug-likeness (QED) is 0.332. The molecule has 3 aromatic carbocycles. The minimum absolute atomic E-state index is 0.152. The highest BCUT2D eigenvalue weighted by Gasteiger charge is 2.33. The van der Waals surface area contributed by atoms with E-state index in [-0.39, 0.29) is 17.1 Å². The molecule has 33 heavy (non-hydrogen) atoms. The zero-order valence-electron chi connectivity index (χ0n) is 17.2. The third-order valence-corrected chi connectivity index (χ3v) is 5.03. The van der Waals surface area contributed by atoms with Gasteiger partial charge in [0, 0.05) is 27.3 Å². The molecule has 0 saturated carbocycles. The monoisotopic (exact) mass is 471 g/mol. The van der Waals surface area contributed by atoms with Crippen molar-refractivity contribution >= 4 is 45.5 Å². The number of halogens is 4. The SMILES string of the molecule is COc1cccc(C(=O)Nc2cccc(Nc3cc(C(F)(F)F)nc4ccc(Cl)cc34)c2)c1. The molecular weight excluding hydrogens is 455 g/mol. The second kappa shape index (κ2) is 8.99. The van der Waals surface area contributed by atoms with Crippen LogP contribution in [0.2, 0.25) is 5.02 Å². The summed E-state index contributed by atoms with van der Waals surface area (Å²) < 4.78 is 45.2. The highest BCUT2D eigenvalue weighted by molar-refractivity contribution is 6.31. The van der Waals surface area contributed by atoms with Gasteiger partial charge < -0.3 is 15.4 Å². The largest absolute Gasteiger partial charge is 0.497 e. The Balaban J connectivity index is 1.64. The van der Waals surface area contributed by atoms with Gasteiger partial charge in [0.05, 0.1) is 18.3 Å². The van der Waals surface area contributed by atoms with Crippen molar-refractivity contribution in [2.45, 2.75) is 6.18 Å². The van der Waals surface area contributed by atoms with Crippen molar-refractivity contribution in [1.29, 1.82) is 0 Å². The molecule has 0 fully saturated rings. The van der Waals surface area contributed by atoms with Crippen molar-refractivity contribution in [2.24, 2.45) is 0 Å². The smallest absolute Gasteiger partial charge is 0.433 e. The number of hydrogen-bond acceptors (Lipinski definition) is 4. The second-order valence-electron chi connectivity index (χ2n) is 7.11. The number of nitrogens with one attached hydrogen (secondary N) is 2. The lowest BCUT2D eigenvalue weighted by Gasteiger charge is -2.15. The Morgan fingerprint density at radius 3 is 2.48 bits per heavy atom. The van der Waals surface area contributed by atoms with E-state index >= 15 is 0 Å². The van der Waals surface area contributed by atoms with Gasteiger partial charge in [0.2, 0.25) is 0 Å². The predicted molar refractivity (Wildman–Crippen MR) is 122 cm³/mol. The van der Waals surface area contributed by atoms with E-state index in [1.54, 1.807) is 54.6 Å². The Bertz CT molecular complexity index is 1340. The third kappa shape index (κ3) is 5.18. The van der Waals surface area contributed by atoms with Crippen molar-refractivity contribution in [1.82, 2.24) is 4.98 Å². The molecule has 9 heteroatoms. The van der Waals surface area contributed by atoms with Crippen LogP contribution >= 0.6 is 11.6 Å². The standard InChI is InChI=1S/C24H17ClF3N3O2/c1-33-18-7-2-4-14(10-18)23(32)30-17-6-3-5-16(12-17)29-21-13-22(24(26,27)28)31-20-9-8-15(25)11-19(20)21/h2-13H,1H3,(H,29,31)(H,30,32). The zero-order chi connectivity index (χ0) is 23.6. The van der Waals surface area contributed by atoms with E-state index in [4.69, 9.17) is 16.3 Å². The molecule has 0 atom stereocenters. The van der Waals surface area contributed by atoms with Gasteiger partial charge in [0.15, 0.2) is 0 Å². The maximum atomic E-state index is 13.4. The Labute approximate surface area is 192 Å². The van der Waals surface area contributed by atoms with Gasteiger partial charge in [-0.1, -0.05) is 23.7 Å². The van der Waals surface area contributed by atoms with Crippen LogP contribution in [0.15, 0.2) is 72.8 Å². The molecule has 5 nitrogen and oxygen atoms in total. The first-order chi connectivity index (χ1) is 15.7. The summed E-state index contributed by atoms with van der Waals surface area (Å²) in [4.78, 5) is 16.3. The normalized spacial score (nSPS) is 11.3. The summed E-state index contributed by atoms with van der Waals surface area (Å²) in [6.07, 6.45) is -4.61. The van der Waals surface area contributed by atoms with Crippen molar-refractivity contribution in [3.05, 3.63) is 89.1 Å². The number of amides is 1. The van der Waals surface area contributed by atoms with Gasteiger partial charge in [0.1, 0.15) is 11.4 Å². The van der Waals surface area contributed by atoms with Crippen LogP contribution < -0.4 is 15.4 Å². The number of carbonyl (C=O) groups is 1. The Morgan fingerprint density at radius 1 is 0.970 bits per heavy atom. The van der Waals surface area contributed by atoms with Crippen LogP contribution in [0.5, 0.6) is 5.75 Å². The third-order valence-electron chi connectivity index (χ3n) is 4.79. The van der Waals surface area contributed by atoms with Crippen LogP contribution in [-0.2, 0) is 6.18 Å². The number of anilines is 3. The molecule has 168 valence electrons. The molecule has 0 spiro atoms.